The number of anilines is 1. The van der Waals surface area contributed by atoms with E-state index < -0.39 is 0 Å². The van der Waals surface area contributed by atoms with Gasteiger partial charge in [-0.3, -0.25) is 4.79 Å². The molecule has 4 aromatic rings. The summed E-state index contributed by atoms with van der Waals surface area (Å²) in [6.07, 6.45) is 2.26. The van der Waals surface area contributed by atoms with Crippen LogP contribution in [0.1, 0.15) is 32.6 Å². The molecule has 32 heavy (non-hydrogen) atoms. The molecule has 0 aliphatic heterocycles. The number of benzene rings is 3. The van der Waals surface area contributed by atoms with E-state index in [-0.39, 0.29) is 11.8 Å². The second-order valence-corrected chi connectivity index (χ2v) is 7.32. The zero-order valence-electron chi connectivity index (χ0n) is 17.6. The van der Waals surface area contributed by atoms with Gasteiger partial charge in [-0.25, -0.2) is 4.98 Å². The molecule has 0 unspecified atom stereocenters. The molecular weight excluding hydrogens is 398 g/mol. The van der Waals surface area contributed by atoms with Gasteiger partial charge >= 0.3 is 0 Å². The number of hydrogen-bond donors (Lipinski definition) is 1. The Labute approximate surface area is 186 Å². The van der Waals surface area contributed by atoms with Gasteiger partial charge in [0, 0.05) is 17.4 Å². The Morgan fingerprint density at radius 2 is 1.78 bits per heavy atom. The Hall–Kier alpha value is -4.43. The van der Waals surface area contributed by atoms with Crippen LogP contribution in [0.25, 0.3) is 0 Å². The summed E-state index contributed by atoms with van der Waals surface area (Å²) in [5, 5.41) is 12.2. The number of pyridine rings is 1. The average molecular weight is 419 g/mol. The van der Waals surface area contributed by atoms with Crippen LogP contribution in [-0.4, -0.2) is 10.9 Å². The maximum Gasteiger partial charge on any atom is 0.255 e. The van der Waals surface area contributed by atoms with Crippen molar-refractivity contribution < 1.29 is 9.53 Å². The number of aryl methyl sites for hydroxylation is 1. The summed E-state index contributed by atoms with van der Waals surface area (Å²) < 4.78 is 5.77. The van der Waals surface area contributed by atoms with E-state index in [2.05, 4.69) is 28.5 Å². The first-order chi connectivity index (χ1) is 15.6. The van der Waals surface area contributed by atoms with Gasteiger partial charge in [-0.2, -0.15) is 5.26 Å². The van der Waals surface area contributed by atoms with E-state index in [0.29, 0.717) is 29.0 Å². The van der Waals surface area contributed by atoms with Crippen molar-refractivity contribution in [3.8, 4) is 17.7 Å². The van der Waals surface area contributed by atoms with E-state index >= 15 is 0 Å². The van der Waals surface area contributed by atoms with E-state index in [1.54, 1.807) is 36.5 Å². The van der Waals surface area contributed by atoms with Crippen LogP contribution in [0.5, 0.6) is 11.6 Å². The Morgan fingerprint density at radius 1 is 1.00 bits per heavy atom. The normalized spacial score (nSPS) is 10.2. The van der Waals surface area contributed by atoms with Crippen LogP contribution in [0.15, 0.2) is 91.1 Å². The number of amides is 1. The van der Waals surface area contributed by atoms with Crippen molar-refractivity contribution in [2.75, 3.05) is 5.32 Å². The van der Waals surface area contributed by atoms with Crippen molar-refractivity contribution in [2.24, 2.45) is 0 Å². The molecule has 4 rings (SSSR count). The summed E-state index contributed by atoms with van der Waals surface area (Å²) in [7, 11) is 0. The molecule has 0 fully saturated rings. The van der Waals surface area contributed by atoms with Crippen molar-refractivity contribution in [3.05, 3.63) is 119 Å². The molecule has 1 amide bonds. The van der Waals surface area contributed by atoms with Crippen LogP contribution in [-0.2, 0) is 6.42 Å². The zero-order valence-corrected chi connectivity index (χ0v) is 17.6. The summed E-state index contributed by atoms with van der Waals surface area (Å²) in [5.74, 6) is 0.631. The maximum atomic E-state index is 13.0. The van der Waals surface area contributed by atoms with Gasteiger partial charge in [-0.1, -0.05) is 48.5 Å². The Balaban J connectivity index is 1.51. The van der Waals surface area contributed by atoms with Gasteiger partial charge in [-0.15, -0.1) is 0 Å². The molecule has 156 valence electrons. The minimum Gasteiger partial charge on any atom is -0.438 e. The highest BCUT2D eigenvalue weighted by Gasteiger charge is 2.13. The largest absolute Gasteiger partial charge is 0.438 e. The molecule has 0 atom stereocenters. The number of ether oxygens (including phenoxy) is 1. The predicted molar refractivity (Wildman–Crippen MR) is 124 cm³/mol. The minimum absolute atomic E-state index is 0.162. The van der Waals surface area contributed by atoms with Gasteiger partial charge in [0.15, 0.2) is 0 Å². The zero-order chi connectivity index (χ0) is 22.3. The summed E-state index contributed by atoms with van der Waals surface area (Å²) in [6.45, 7) is 1.89. The molecule has 1 N–H and O–H groups in total. The van der Waals surface area contributed by atoms with Gasteiger partial charge in [0.25, 0.3) is 5.91 Å². The van der Waals surface area contributed by atoms with Gasteiger partial charge in [0.05, 0.1) is 0 Å². The minimum atomic E-state index is -0.162. The van der Waals surface area contributed by atoms with Crippen molar-refractivity contribution in [2.45, 2.75) is 13.3 Å². The fraction of sp³-hybridized carbons (Fsp3) is 0.0741. The molecule has 5 heteroatoms. The predicted octanol–water partition coefficient (Wildman–Crippen LogP) is 5.90. The molecule has 0 aliphatic rings. The number of carbonyl (C=O) groups is 1. The van der Waals surface area contributed by atoms with Crippen LogP contribution in [0.3, 0.4) is 0 Å². The highest BCUT2D eigenvalue weighted by Crippen LogP contribution is 2.27. The van der Waals surface area contributed by atoms with Gasteiger partial charge in [0.1, 0.15) is 17.4 Å². The highest BCUT2D eigenvalue weighted by molar-refractivity contribution is 6.05. The molecule has 0 aliphatic carbocycles. The fourth-order valence-electron chi connectivity index (χ4n) is 3.41. The van der Waals surface area contributed by atoms with Crippen LogP contribution < -0.4 is 10.1 Å². The third kappa shape index (κ3) is 4.82. The molecule has 1 aromatic heterocycles. The molecule has 0 spiro atoms. The average Bonchev–Trinajstić information content (AvgIpc) is 2.82. The molecule has 0 radical (unpaired) electrons. The molecule has 1 heterocycles. The van der Waals surface area contributed by atoms with Crippen molar-refractivity contribution >= 4 is 11.6 Å². The molecule has 3 aromatic carbocycles. The number of nitrogens with zero attached hydrogens (tertiary/aromatic N) is 2. The second-order valence-electron chi connectivity index (χ2n) is 7.32. The number of aromatic nitrogens is 1. The van der Waals surface area contributed by atoms with Crippen LogP contribution in [0, 0.1) is 18.3 Å². The van der Waals surface area contributed by atoms with Crippen molar-refractivity contribution in [3.63, 3.8) is 0 Å². The number of nitriles is 1. The first-order valence-corrected chi connectivity index (χ1v) is 10.2. The number of rotatable bonds is 6. The second kappa shape index (κ2) is 9.59. The molecular formula is C27H21N3O2. The van der Waals surface area contributed by atoms with Crippen LogP contribution >= 0.6 is 0 Å². The summed E-state index contributed by atoms with van der Waals surface area (Å²) in [4.78, 5) is 17.2. The van der Waals surface area contributed by atoms with Gasteiger partial charge in [0.2, 0.25) is 5.88 Å². The summed E-state index contributed by atoms with van der Waals surface area (Å²) >= 11 is 0. The smallest absolute Gasteiger partial charge is 0.255 e. The van der Waals surface area contributed by atoms with E-state index in [4.69, 9.17) is 4.74 Å². The lowest BCUT2D eigenvalue weighted by atomic mass is 9.99. The van der Waals surface area contributed by atoms with Gasteiger partial charge < -0.3 is 10.1 Å². The Morgan fingerprint density at radius 3 is 2.56 bits per heavy atom. The van der Waals surface area contributed by atoms with E-state index in [0.717, 1.165) is 16.7 Å². The van der Waals surface area contributed by atoms with Crippen LogP contribution in [0.2, 0.25) is 0 Å². The maximum absolute atomic E-state index is 13.0. The van der Waals surface area contributed by atoms with Crippen molar-refractivity contribution in [1.82, 2.24) is 4.98 Å². The lowest BCUT2D eigenvalue weighted by Gasteiger charge is -2.13. The molecule has 0 bridgehead atoms. The Bertz CT molecular complexity index is 1290. The molecule has 0 saturated carbocycles. The highest BCUT2D eigenvalue weighted by atomic mass is 16.5. The van der Waals surface area contributed by atoms with E-state index in [9.17, 15) is 10.1 Å². The Kier molecular flexibility index (Phi) is 6.24. The number of hydrogen-bond acceptors (Lipinski definition) is 4. The van der Waals surface area contributed by atoms with Gasteiger partial charge in [-0.05, 0) is 66.4 Å². The van der Waals surface area contributed by atoms with E-state index in [1.807, 2.05) is 49.4 Å². The first kappa shape index (κ1) is 20.8. The SMILES string of the molecule is Cc1cc(Oc2ncccc2C#N)ccc1NC(=O)c1ccccc1Cc1ccccc1. The number of nitrogens with one attached hydrogen (secondary N) is 1. The van der Waals surface area contributed by atoms with Crippen LogP contribution in [0.4, 0.5) is 5.69 Å². The molecule has 0 saturated heterocycles. The number of carbonyl (C=O) groups excluding carboxylic acids is 1. The quantitative estimate of drug-likeness (QED) is 0.422. The lowest BCUT2D eigenvalue weighted by molar-refractivity contribution is 0.102. The standard InChI is InChI=1S/C27H21N3O2/c1-19-16-23(32-27-22(18-28)11-7-15-29-27)13-14-25(19)30-26(31)24-12-6-5-10-21(24)17-20-8-3-2-4-9-20/h2-16H,17H2,1H3,(H,30,31). The molecule has 5 nitrogen and oxygen atoms in total. The third-order valence-corrected chi connectivity index (χ3v) is 5.05. The summed E-state index contributed by atoms with van der Waals surface area (Å²) in [6, 6.07) is 28.4. The lowest BCUT2D eigenvalue weighted by Crippen LogP contribution is -2.15. The third-order valence-electron chi connectivity index (χ3n) is 5.05. The fourth-order valence-corrected chi connectivity index (χ4v) is 3.41. The van der Waals surface area contributed by atoms with Crippen molar-refractivity contribution in [1.29, 1.82) is 5.26 Å². The van der Waals surface area contributed by atoms with E-state index in [1.165, 1.54) is 0 Å². The summed E-state index contributed by atoms with van der Waals surface area (Å²) in [5.41, 5.74) is 4.65. The first-order valence-electron chi connectivity index (χ1n) is 10.2. The monoisotopic (exact) mass is 419 g/mol. The topological polar surface area (TPSA) is 75.0 Å².